The van der Waals surface area contributed by atoms with Gasteiger partial charge in [-0.2, -0.15) is 0 Å². The Kier molecular flexibility index (Phi) is 5.89. The van der Waals surface area contributed by atoms with E-state index in [1.807, 2.05) is 18.2 Å². The largest absolute Gasteiger partial charge is 0.458 e. The third-order valence-electron chi connectivity index (χ3n) is 8.62. The number of ether oxygens (including phenoxy) is 1. The highest BCUT2D eigenvalue weighted by Crippen LogP contribution is 2.40. The SMILES string of the molecule is CC[C@@]1(O)C(=O)OCc2c1cc1n(c2=O)Cc2c-1nc1ccccc1c2CC[Si](C)(C)CN1CCCC1. The minimum atomic E-state index is -1.81. The van der Waals surface area contributed by atoms with E-state index in [9.17, 15) is 14.7 Å². The van der Waals surface area contributed by atoms with Crippen molar-refractivity contribution in [3.63, 3.8) is 0 Å². The number of aromatic nitrogens is 2. The molecule has 1 fully saturated rings. The molecule has 3 aliphatic rings. The first kappa shape index (κ1) is 24.5. The van der Waals surface area contributed by atoms with Gasteiger partial charge in [-0.1, -0.05) is 44.3 Å². The quantitative estimate of drug-likeness (QED) is 0.308. The molecule has 0 bridgehead atoms. The second kappa shape index (κ2) is 8.89. The van der Waals surface area contributed by atoms with E-state index >= 15 is 0 Å². The van der Waals surface area contributed by atoms with Gasteiger partial charge in [0, 0.05) is 16.5 Å². The molecular weight excluding hydrogens is 482 g/mol. The van der Waals surface area contributed by atoms with Crippen LogP contribution >= 0.6 is 0 Å². The van der Waals surface area contributed by atoms with Gasteiger partial charge < -0.3 is 19.3 Å². The van der Waals surface area contributed by atoms with Crippen LogP contribution < -0.4 is 5.56 Å². The van der Waals surface area contributed by atoms with E-state index in [4.69, 9.17) is 9.72 Å². The van der Waals surface area contributed by atoms with Crippen LogP contribution in [0.4, 0.5) is 0 Å². The predicted octanol–water partition coefficient (Wildman–Crippen LogP) is 3.97. The van der Waals surface area contributed by atoms with Crippen LogP contribution in [0.15, 0.2) is 35.1 Å². The summed E-state index contributed by atoms with van der Waals surface area (Å²) in [5.41, 5.74) is 3.49. The highest BCUT2D eigenvalue weighted by Gasteiger charge is 2.45. The van der Waals surface area contributed by atoms with Crippen molar-refractivity contribution in [2.24, 2.45) is 0 Å². The summed E-state index contributed by atoms with van der Waals surface area (Å²) in [4.78, 5) is 33.8. The van der Waals surface area contributed by atoms with Crippen molar-refractivity contribution >= 4 is 24.9 Å². The molecule has 7 nitrogen and oxygen atoms in total. The Morgan fingerprint density at radius 2 is 1.89 bits per heavy atom. The Hall–Kier alpha value is -2.81. The van der Waals surface area contributed by atoms with Crippen LogP contribution in [0.1, 0.15) is 48.4 Å². The minimum absolute atomic E-state index is 0.107. The van der Waals surface area contributed by atoms with Crippen LogP contribution in [-0.2, 0) is 34.7 Å². The number of aliphatic hydroxyl groups is 1. The van der Waals surface area contributed by atoms with E-state index in [1.165, 1.54) is 43.7 Å². The molecule has 0 unspecified atom stereocenters. The molecule has 1 aromatic carbocycles. The van der Waals surface area contributed by atoms with Gasteiger partial charge in [0.25, 0.3) is 5.56 Å². The first-order valence-corrected chi connectivity index (χ1v) is 16.9. The number of pyridine rings is 2. The minimum Gasteiger partial charge on any atom is -0.458 e. The summed E-state index contributed by atoms with van der Waals surface area (Å²) in [6.45, 7) is 9.51. The van der Waals surface area contributed by atoms with Gasteiger partial charge in [0.1, 0.15) is 6.61 Å². The number of cyclic esters (lactones) is 1. The van der Waals surface area contributed by atoms with E-state index in [0.29, 0.717) is 23.4 Å². The molecule has 5 heterocycles. The monoisotopic (exact) mass is 517 g/mol. The molecule has 1 N–H and O–H groups in total. The Labute approximate surface area is 218 Å². The Morgan fingerprint density at radius 3 is 2.65 bits per heavy atom. The zero-order chi connectivity index (χ0) is 25.9. The summed E-state index contributed by atoms with van der Waals surface area (Å²) >= 11 is 0. The molecule has 0 amide bonds. The van der Waals surface area contributed by atoms with Crippen LogP contribution in [0.25, 0.3) is 22.3 Å². The number of carbonyl (C=O) groups excluding carboxylic acids is 1. The van der Waals surface area contributed by atoms with Gasteiger partial charge in [-0.05, 0) is 62.6 Å². The van der Waals surface area contributed by atoms with Crippen molar-refractivity contribution in [2.75, 3.05) is 19.3 Å². The normalized spacial score (nSPS) is 21.1. The number of aryl methyl sites for hydroxylation is 1. The van der Waals surface area contributed by atoms with Gasteiger partial charge >= 0.3 is 5.97 Å². The summed E-state index contributed by atoms with van der Waals surface area (Å²) in [5.74, 6) is -0.692. The number of benzene rings is 1. The number of hydrogen-bond donors (Lipinski definition) is 1. The highest BCUT2D eigenvalue weighted by molar-refractivity contribution is 6.77. The van der Waals surface area contributed by atoms with Crippen LogP contribution in [0.3, 0.4) is 0 Å². The number of carbonyl (C=O) groups is 1. The van der Waals surface area contributed by atoms with E-state index in [2.05, 4.69) is 30.1 Å². The number of esters is 1. The number of para-hydroxylation sites is 1. The zero-order valence-corrected chi connectivity index (χ0v) is 23.0. The molecule has 6 rings (SSSR count). The predicted molar refractivity (Wildman–Crippen MR) is 146 cm³/mol. The zero-order valence-electron chi connectivity index (χ0n) is 22.0. The lowest BCUT2D eigenvalue weighted by molar-refractivity contribution is -0.172. The van der Waals surface area contributed by atoms with Crippen molar-refractivity contribution in [1.29, 1.82) is 0 Å². The molecule has 3 aromatic rings. The number of rotatable bonds is 6. The average molecular weight is 518 g/mol. The summed E-state index contributed by atoms with van der Waals surface area (Å²) in [6.07, 6.45) is 4.96. The standard InChI is InChI=1S/C29H35N3O4Si/c1-4-29(35)23-15-25-26-21(16-32(25)27(33)22(23)17-36-28(29)34)19(20-9-5-6-10-24(20)30-26)11-14-37(2,3)18-31-12-7-8-13-31/h5-6,9-10,15,35H,4,7-8,11-14,16-18H2,1-3H3/t29-/m0/s1. The second-order valence-corrected chi connectivity index (χ2v) is 16.8. The fourth-order valence-electron chi connectivity index (χ4n) is 6.49. The Morgan fingerprint density at radius 1 is 1.14 bits per heavy atom. The number of likely N-dealkylation sites (tertiary alicyclic amines) is 1. The second-order valence-electron chi connectivity index (χ2n) is 11.7. The molecule has 0 radical (unpaired) electrons. The van der Waals surface area contributed by atoms with Crippen LogP contribution in [0.5, 0.6) is 0 Å². The van der Waals surface area contributed by atoms with E-state index in [0.717, 1.165) is 28.6 Å². The summed E-state index contributed by atoms with van der Waals surface area (Å²) in [5, 5.41) is 12.3. The molecule has 0 aliphatic carbocycles. The topological polar surface area (TPSA) is 84.7 Å². The smallest absolute Gasteiger partial charge is 0.343 e. The molecule has 3 aliphatic heterocycles. The fraction of sp³-hybridized carbons (Fsp3) is 0.483. The van der Waals surface area contributed by atoms with E-state index in [1.54, 1.807) is 11.5 Å². The van der Waals surface area contributed by atoms with Gasteiger partial charge in [-0.3, -0.25) is 4.79 Å². The van der Waals surface area contributed by atoms with Crippen LogP contribution in [0, 0.1) is 0 Å². The fourth-order valence-corrected chi connectivity index (χ4v) is 9.10. The maximum absolute atomic E-state index is 13.6. The Bertz CT molecular complexity index is 1470. The molecule has 0 spiro atoms. The number of nitrogens with zero attached hydrogens (tertiary/aromatic N) is 3. The summed E-state index contributed by atoms with van der Waals surface area (Å²) < 4.78 is 6.98. The maximum Gasteiger partial charge on any atom is 0.343 e. The maximum atomic E-state index is 13.6. The van der Waals surface area contributed by atoms with Gasteiger partial charge in [-0.25, -0.2) is 9.78 Å². The van der Waals surface area contributed by atoms with Gasteiger partial charge in [0.15, 0.2) is 5.60 Å². The molecular formula is C29H35N3O4Si. The third-order valence-corrected chi connectivity index (χ3v) is 11.5. The summed E-state index contributed by atoms with van der Waals surface area (Å²) in [7, 11) is -1.46. The highest BCUT2D eigenvalue weighted by atomic mass is 28.3. The lowest BCUT2D eigenvalue weighted by Gasteiger charge is -2.31. The van der Waals surface area contributed by atoms with Crippen LogP contribution in [0.2, 0.25) is 19.1 Å². The van der Waals surface area contributed by atoms with Gasteiger partial charge in [-0.15, -0.1) is 0 Å². The molecule has 1 saturated heterocycles. The molecule has 8 heteroatoms. The average Bonchev–Trinajstić information content (AvgIpc) is 3.52. The summed E-state index contributed by atoms with van der Waals surface area (Å²) in [6, 6.07) is 11.2. The molecule has 2 aromatic heterocycles. The lowest BCUT2D eigenvalue weighted by atomic mass is 9.86. The third kappa shape index (κ3) is 3.97. The molecule has 37 heavy (non-hydrogen) atoms. The van der Waals surface area contributed by atoms with E-state index < -0.39 is 19.6 Å². The van der Waals surface area contributed by atoms with Gasteiger partial charge in [0.2, 0.25) is 0 Å². The van der Waals surface area contributed by atoms with Crippen molar-refractivity contribution in [3.05, 3.63) is 62.9 Å². The van der Waals surface area contributed by atoms with Crippen molar-refractivity contribution < 1.29 is 14.6 Å². The first-order valence-electron chi connectivity index (χ1n) is 13.5. The van der Waals surface area contributed by atoms with Gasteiger partial charge in [0.05, 0.1) is 37.1 Å². The molecule has 0 saturated carbocycles. The van der Waals surface area contributed by atoms with Crippen LogP contribution in [-0.4, -0.2) is 52.9 Å². The van der Waals surface area contributed by atoms with Crippen molar-refractivity contribution in [1.82, 2.24) is 14.5 Å². The van der Waals surface area contributed by atoms with E-state index in [-0.39, 0.29) is 18.6 Å². The lowest BCUT2D eigenvalue weighted by Crippen LogP contribution is -2.44. The van der Waals surface area contributed by atoms with Crippen molar-refractivity contribution in [3.8, 4) is 11.4 Å². The number of fused-ring (bicyclic) bond motifs is 5. The van der Waals surface area contributed by atoms with Crippen molar-refractivity contribution in [2.45, 2.75) is 70.5 Å². The molecule has 194 valence electrons. The Balaban J connectivity index is 1.45. The first-order chi connectivity index (χ1) is 17.7. The molecule has 1 atom stereocenters. The number of hydrogen-bond acceptors (Lipinski definition) is 6.